The Labute approximate surface area is 564 Å². The molecule has 20 nitrogen and oxygen atoms in total. The van der Waals surface area contributed by atoms with Gasteiger partial charge in [0.05, 0.1) is 85.9 Å². The van der Waals surface area contributed by atoms with Crippen LogP contribution in [0.5, 0.6) is 11.5 Å². The van der Waals surface area contributed by atoms with Gasteiger partial charge in [-0.2, -0.15) is 40.9 Å². The molecule has 0 atom stereocenters. The van der Waals surface area contributed by atoms with Gasteiger partial charge in [0.2, 0.25) is 12.7 Å². The minimum absolute atomic E-state index is 0.802. The van der Waals surface area contributed by atoms with Crippen molar-refractivity contribution in [1.29, 1.82) is 0 Å². The third-order valence-corrected chi connectivity index (χ3v) is 17.2. The fourth-order valence-electron chi connectivity index (χ4n) is 11.6. The highest BCUT2D eigenvalue weighted by Gasteiger charge is 2.15. The summed E-state index contributed by atoms with van der Waals surface area (Å²) < 4.78 is 28.3. The van der Waals surface area contributed by atoms with Crippen molar-refractivity contribution in [1.82, 2.24) is 9.13 Å². The van der Waals surface area contributed by atoms with E-state index in [2.05, 4.69) is 199 Å². The van der Waals surface area contributed by atoms with E-state index in [1.165, 1.54) is 62.7 Å². The summed E-state index contributed by atoms with van der Waals surface area (Å²) >= 11 is 0. The van der Waals surface area contributed by atoms with E-state index in [1.54, 1.807) is 14.2 Å². The van der Waals surface area contributed by atoms with Gasteiger partial charge >= 0.3 is 0 Å². The number of imidazole rings is 2. The lowest BCUT2D eigenvalue weighted by Crippen LogP contribution is -2.37. The topological polar surface area (TPSA) is 157 Å². The number of aromatic nitrogens is 8. The van der Waals surface area contributed by atoms with Gasteiger partial charge in [-0.1, -0.05) is 0 Å². The SMILES string of the molecule is COc1ccc(N=Nc2cc[n+](CCCCCn3cc[n+](CCCCC[n+]4ccc(N=Nc5ccc(OC)cc5)cc4)c3)cc2)cc1.c1cc(N2CCCC2)ccc1N=Nc1cc[n+](CCCn2cc[n+](CCC[n+]3ccc(N=Nc4ccc(N5CCCC5)cc4)cc3)c2)cc1. The lowest BCUT2D eigenvalue weighted by atomic mass is 10.2. The summed E-state index contributed by atoms with van der Waals surface area (Å²) in [5, 5.41) is 35.0. The molecule has 0 saturated carbocycles. The number of hydrogen-bond acceptors (Lipinski definition) is 12. The van der Waals surface area contributed by atoms with Crippen molar-refractivity contribution < 1.29 is 36.9 Å². The second kappa shape index (κ2) is 36.2. The normalized spacial score (nSPS) is 13.2. The molecule has 12 rings (SSSR count). The van der Waals surface area contributed by atoms with Crippen LogP contribution in [-0.4, -0.2) is 49.5 Å². The Morgan fingerprint density at radius 3 is 0.896 bits per heavy atom. The summed E-state index contributed by atoms with van der Waals surface area (Å²) in [6.07, 6.45) is 44.0. The van der Waals surface area contributed by atoms with Gasteiger partial charge in [-0.15, -0.1) is 0 Å². The molecule has 2 fully saturated rings. The van der Waals surface area contributed by atoms with E-state index >= 15 is 0 Å². The molecule has 8 heterocycles. The van der Waals surface area contributed by atoms with Gasteiger partial charge in [-0.05, 0) is 148 Å². The lowest BCUT2D eigenvalue weighted by Gasteiger charge is -2.17. The van der Waals surface area contributed by atoms with Gasteiger partial charge in [0.1, 0.15) is 49.4 Å². The number of benzene rings is 4. The summed E-state index contributed by atoms with van der Waals surface area (Å²) in [6.45, 7) is 12.5. The summed E-state index contributed by atoms with van der Waals surface area (Å²) in [5.41, 5.74) is 9.32. The Bertz CT molecular complexity index is 3750. The number of aryl methyl sites for hydroxylation is 8. The van der Waals surface area contributed by atoms with Crippen molar-refractivity contribution in [2.45, 2.75) is 129 Å². The van der Waals surface area contributed by atoms with E-state index in [-0.39, 0.29) is 0 Å². The molecule has 2 saturated heterocycles. The number of methoxy groups -OCH3 is 2. The van der Waals surface area contributed by atoms with Crippen LogP contribution in [0.25, 0.3) is 0 Å². The third-order valence-electron chi connectivity index (χ3n) is 17.2. The molecular formula is C76H92N18O2+6. The predicted molar refractivity (Wildman–Crippen MR) is 371 cm³/mol. The van der Waals surface area contributed by atoms with Crippen molar-refractivity contribution in [3.63, 3.8) is 0 Å². The first-order valence-electron chi connectivity index (χ1n) is 34.1. The monoisotopic (exact) mass is 1290 g/mol. The number of anilines is 2. The molecule has 2 aliphatic heterocycles. The zero-order chi connectivity index (χ0) is 65.6. The maximum atomic E-state index is 5.18. The third kappa shape index (κ3) is 21.8. The van der Waals surface area contributed by atoms with Crippen LogP contribution >= 0.6 is 0 Å². The smallest absolute Gasteiger partial charge is 0.243 e. The maximum Gasteiger partial charge on any atom is 0.243 e. The van der Waals surface area contributed by atoms with Gasteiger partial charge in [0, 0.05) is 112 Å². The number of pyridine rings is 4. The second-order valence-electron chi connectivity index (χ2n) is 24.4. The molecule has 2 aliphatic rings. The first-order chi connectivity index (χ1) is 47.4. The average Bonchev–Trinajstić information content (AvgIpc) is 2.62. The minimum atomic E-state index is 0.802. The molecule has 0 aliphatic carbocycles. The van der Waals surface area contributed by atoms with E-state index in [0.717, 1.165) is 161 Å². The zero-order valence-corrected chi connectivity index (χ0v) is 55.8. The van der Waals surface area contributed by atoms with Gasteiger partial charge in [-0.25, -0.2) is 36.5 Å². The van der Waals surface area contributed by atoms with E-state index in [1.807, 2.05) is 121 Å². The van der Waals surface area contributed by atoms with Crippen molar-refractivity contribution >= 4 is 56.9 Å². The number of unbranched alkanes of at least 4 members (excludes halogenated alkanes) is 4. The molecule has 4 aromatic carbocycles. The zero-order valence-electron chi connectivity index (χ0n) is 55.8. The first kappa shape index (κ1) is 66.9. The van der Waals surface area contributed by atoms with Gasteiger partial charge in [-0.3, -0.25) is 0 Å². The summed E-state index contributed by atoms with van der Waals surface area (Å²) in [5.74, 6) is 1.62. The van der Waals surface area contributed by atoms with E-state index in [0.29, 0.717) is 0 Å². The number of hydrogen-bond donors (Lipinski definition) is 0. The number of nitrogens with zero attached hydrogens (tertiary/aromatic N) is 18. The molecule has 0 unspecified atom stereocenters. The summed E-state index contributed by atoms with van der Waals surface area (Å²) in [6, 6.07) is 48.0. The molecule has 0 spiro atoms. The van der Waals surface area contributed by atoms with Crippen LogP contribution < -0.4 is 46.7 Å². The highest BCUT2D eigenvalue weighted by Crippen LogP contribution is 2.27. The van der Waals surface area contributed by atoms with Crippen LogP contribution in [0.1, 0.15) is 77.0 Å². The second-order valence-corrected chi connectivity index (χ2v) is 24.4. The van der Waals surface area contributed by atoms with Gasteiger partial charge < -0.3 is 19.3 Å². The molecule has 20 heteroatoms. The molecule has 6 aromatic heterocycles. The molecule has 0 N–H and O–H groups in total. The predicted octanol–water partition coefficient (Wildman–Crippen LogP) is 15.5. The fraction of sp³-hybridized carbons (Fsp3) is 0.342. The minimum Gasteiger partial charge on any atom is -0.497 e. The van der Waals surface area contributed by atoms with Gasteiger partial charge in [0.25, 0.3) is 0 Å². The van der Waals surface area contributed by atoms with E-state index in [4.69, 9.17) is 9.47 Å². The quantitative estimate of drug-likeness (QED) is 0.0234. The van der Waals surface area contributed by atoms with Crippen LogP contribution in [0.3, 0.4) is 0 Å². The molecule has 0 amide bonds. The number of rotatable bonds is 32. The molecule has 96 heavy (non-hydrogen) atoms. The highest BCUT2D eigenvalue weighted by molar-refractivity contribution is 5.55. The van der Waals surface area contributed by atoms with Crippen molar-refractivity contribution in [2.75, 3.05) is 50.2 Å². The largest absolute Gasteiger partial charge is 0.497 e. The average molecular weight is 1290 g/mol. The van der Waals surface area contributed by atoms with E-state index < -0.39 is 0 Å². The van der Waals surface area contributed by atoms with Crippen molar-refractivity contribution in [3.8, 4) is 11.5 Å². The van der Waals surface area contributed by atoms with Crippen LogP contribution in [0.2, 0.25) is 0 Å². The molecule has 0 radical (unpaired) electrons. The molecule has 0 bridgehead atoms. The van der Waals surface area contributed by atoms with E-state index in [9.17, 15) is 0 Å². The summed E-state index contributed by atoms with van der Waals surface area (Å²) in [4.78, 5) is 4.86. The Morgan fingerprint density at radius 2 is 0.552 bits per heavy atom. The van der Waals surface area contributed by atoms with Crippen LogP contribution in [0.15, 0.2) is 274 Å². The van der Waals surface area contributed by atoms with Gasteiger partial charge in [0.15, 0.2) is 62.7 Å². The summed E-state index contributed by atoms with van der Waals surface area (Å²) in [7, 11) is 3.31. The number of azo groups is 4. The number of ether oxygens (including phenoxy) is 2. The van der Waals surface area contributed by atoms with Crippen LogP contribution in [0.4, 0.5) is 56.9 Å². The standard InChI is InChI=1S/C39H47N10.C37H45N8O2/c1-2-24-48(23-1)38-11-7-34(8-12-38)40-42-36-15-27-44(28-16-36)19-5-21-46-31-32-47(33-46)22-6-20-45-29-17-37(18-30-45)43-41-35-9-13-39(14-10-35)49-25-3-4-26-49;1-46-36-13-9-32(10-14-36)38-40-34-17-25-42(26-18-34)21-5-3-7-23-44-29-30-45(31-44)24-8-4-6-22-43-27-19-35(20-28-43)41-39-33-11-15-37(47-2)16-12-33/h7-18,27-33H,1-6,19-26H2;9-20,25-31H,3-8,21-24H2,1-2H3/q2*+3. The lowest BCUT2D eigenvalue weighted by molar-refractivity contribution is -0.726. The molecule has 492 valence electrons. The first-order valence-corrected chi connectivity index (χ1v) is 34.1. The fourth-order valence-corrected chi connectivity index (χ4v) is 11.6. The van der Waals surface area contributed by atoms with Crippen molar-refractivity contribution in [3.05, 3.63) is 233 Å². The van der Waals surface area contributed by atoms with Crippen LogP contribution in [0, 0.1) is 0 Å². The maximum absolute atomic E-state index is 5.18. The Hall–Kier alpha value is -10.5. The Morgan fingerprint density at radius 1 is 0.281 bits per heavy atom. The Balaban J connectivity index is 0.000000195. The molecule has 10 aromatic rings. The van der Waals surface area contributed by atoms with Crippen LogP contribution in [-0.2, 0) is 52.4 Å². The molecular weight excluding hydrogens is 1200 g/mol. The highest BCUT2D eigenvalue weighted by atomic mass is 16.5. The Kier molecular flexibility index (Phi) is 25.3. The van der Waals surface area contributed by atoms with Crippen molar-refractivity contribution in [2.24, 2.45) is 40.9 Å².